The predicted octanol–water partition coefficient (Wildman–Crippen LogP) is 3.12. The van der Waals surface area contributed by atoms with Crippen LogP contribution >= 0.6 is 22.7 Å². The molecular formula is C13H19N3O2S3. The van der Waals surface area contributed by atoms with Gasteiger partial charge in [0.15, 0.2) is 5.13 Å². The topological polar surface area (TPSA) is 71.1 Å². The second-order valence-electron chi connectivity index (χ2n) is 5.09. The van der Waals surface area contributed by atoms with E-state index in [0.29, 0.717) is 21.9 Å². The Balaban J connectivity index is 2.18. The van der Waals surface area contributed by atoms with Crippen LogP contribution in [0, 0.1) is 13.8 Å². The van der Waals surface area contributed by atoms with Gasteiger partial charge in [0, 0.05) is 28.5 Å². The molecule has 0 spiro atoms. The highest BCUT2D eigenvalue weighted by atomic mass is 32.2. The minimum absolute atomic E-state index is 0.327. The van der Waals surface area contributed by atoms with Gasteiger partial charge < -0.3 is 5.32 Å². The lowest BCUT2D eigenvalue weighted by atomic mass is 10.3. The lowest BCUT2D eigenvalue weighted by Crippen LogP contribution is -2.21. The van der Waals surface area contributed by atoms with Crippen LogP contribution in [0.3, 0.4) is 0 Å². The number of nitrogens with one attached hydrogen (secondary N) is 2. The first-order valence-electron chi connectivity index (χ1n) is 6.56. The van der Waals surface area contributed by atoms with E-state index in [9.17, 15) is 8.42 Å². The first-order valence-corrected chi connectivity index (χ1v) is 9.67. The molecule has 116 valence electrons. The number of hydrogen-bond donors (Lipinski definition) is 2. The molecule has 0 bridgehead atoms. The van der Waals surface area contributed by atoms with Crippen molar-refractivity contribution in [3.8, 4) is 0 Å². The molecule has 0 atom stereocenters. The zero-order valence-electron chi connectivity index (χ0n) is 12.4. The summed E-state index contributed by atoms with van der Waals surface area (Å²) < 4.78 is 27.6. The molecule has 2 heterocycles. The maximum Gasteiger partial charge on any atom is 0.273 e. The predicted molar refractivity (Wildman–Crippen MR) is 88.7 cm³/mol. The van der Waals surface area contributed by atoms with Crippen LogP contribution in [0.15, 0.2) is 16.5 Å². The molecule has 2 N–H and O–H groups in total. The summed E-state index contributed by atoms with van der Waals surface area (Å²) >= 11 is 2.62. The van der Waals surface area contributed by atoms with E-state index in [-0.39, 0.29) is 0 Å². The second-order valence-corrected chi connectivity index (χ2v) is 9.37. The molecule has 2 aromatic heterocycles. The molecule has 0 aromatic carbocycles. The normalized spacial score (nSPS) is 12.0. The molecule has 8 heteroatoms. The van der Waals surface area contributed by atoms with Crippen LogP contribution in [0.25, 0.3) is 0 Å². The Kier molecular flexibility index (Phi) is 5.03. The monoisotopic (exact) mass is 345 g/mol. The Morgan fingerprint density at radius 3 is 2.57 bits per heavy atom. The minimum atomic E-state index is -3.55. The molecule has 0 saturated carbocycles. The van der Waals surface area contributed by atoms with Crippen molar-refractivity contribution in [2.45, 2.75) is 44.5 Å². The van der Waals surface area contributed by atoms with Crippen molar-refractivity contribution in [3.05, 3.63) is 27.6 Å². The van der Waals surface area contributed by atoms with Crippen molar-refractivity contribution in [2.24, 2.45) is 0 Å². The number of sulfonamides is 1. The number of aromatic nitrogens is 1. The summed E-state index contributed by atoms with van der Waals surface area (Å²) in [7, 11) is -3.55. The largest absolute Gasteiger partial charge is 0.310 e. The zero-order chi connectivity index (χ0) is 15.6. The van der Waals surface area contributed by atoms with E-state index in [2.05, 4.69) is 28.9 Å². The third kappa shape index (κ3) is 4.26. The standard InChI is InChI=1S/C13H19N3O2S3/c1-8(2)14-7-11-9(3)5-12(20-11)21(17,18)16-13-15-6-10(4)19-13/h5-6,8,14H,7H2,1-4H3,(H,15,16). The SMILES string of the molecule is Cc1cnc(NS(=O)(=O)c2cc(C)c(CNC(C)C)s2)s1. The number of hydrogen-bond acceptors (Lipinski definition) is 6. The van der Waals surface area contributed by atoms with Gasteiger partial charge in [-0.15, -0.1) is 22.7 Å². The molecule has 2 aromatic rings. The molecule has 0 radical (unpaired) electrons. The number of rotatable bonds is 6. The highest BCUT2D eigenvalue weighted by Gasteiger charge is 2.20. The van der Waals surface area contributed by atoms with Crippen molar-refractivity contribution in [3.63, 3.8) is 0 Å². The summed E-state index contributed by atoms with van der Waals surface area (Å²) in [5.41, 5.74) is 0.990. The lowest BCUT2D eigenvalue weighted by molar-refractivity contribution is 0.592. The van der Waals surface area contributed by atoms with E-state index >= 15 is 0 Å². The lowest BCUT2D eigenvalue weighted by Gasteiger charge is -2.06. The Hall–Kier alpha value is -0.960. The first-order chi connectivity index (χ1) is 9.78. The maximum absolute atomic E-state index is 12.4. The summed E-state index contributed by atoms with van der Waals surface area (Å²) in [6, 6.07) is 2.08. The van der Waals surface area contributed by atoms with Gasteiger partial charge in [-0.3, -0.25) is 4.72 Å². The second kappa shape index (κ2) is 6.43. The third-order valence-corrected chi connectivity index (χ3v) is 6.78. The summed E-state index contributed by atoms with van der Waals surface area (Å²) in [6.45, 7) is 8.63. The highest BCUT2D eigenvalue weighted by Crippen LogP contribution is 2.28. The smallest absolute Gasteiger partial charge is 0.273 e. The molecule has 0 fully saturated rings. The molecule has 0 aliphatic rings. The van der Waals surface area contributed by atoms with Crippen molar-refractivity contribution in [1.82, 2.24) is 10.3 Å². The number of aryl methyl sites for hydroxylation is 2. The molecule has 21 heavy (non-hydrogen) atoms. The average molecular weight is 346 g/mol. The molecule has 0 saturated heterocycles. The van der Waals surface area contributed by atoms with Crippen LogP contribution in [0.2, 0.25) is 0 Å². The molecule has 0 aliphatic carbocycles. The van der Waals surface area contributed by atoms with Crippen molar-refractivity contribution >= 4 is 37.8 Å². The van der Waals surface area contributed by atoms with E-state index in [0.717, 1.165) is 15.3 Å². The fourth-order valence-corrected chi connectivity index (χ4v) is 5.11. The van der Waals surface area contributed by atoms with Gasteiger partial charge in [-0.05, 0) is 25.5 Å². The Bertz CT molecular complexity index is 717. The fraction of sp³-hybridized carbons (Fsp3) is 0.462. The van der Waals surface area contributed by atoms with Crippen LogP contribution in [-0.2, 0) is 16.6 Å². The Morgan fingerprint density at radius 2 is 2.00 bits per heavy atom. The summed E-state index contributed by atoms with van der Waals surface area (Å²) in [6.07, 6.45) is 1.65. The van der Waals surface area contributed by atoms with E-state index < -0.39 is 10.0 Å². The fourth-order valence-electron chi connectivity index (χ4n) is 1.66. The first kappa shape index (κ1) is 16.4. The summed E-state index contributed by atoms with van der Waals surface area (Å²) in [5.74, 6) is 0. The van der Waals surface area contributed by atoms with Crippen LogP contribution < -0.4 is 10.0 Å². The van der Waals surface area contributed by atoms with Crippen LogP contribution in [0.1, 0.15) is 29.2 Å². The van der Waals surface area contributed by atoms with Gasteiger partial charge in [-0.1, -0.05) is 13.8 Å². The Labute approximate surface area is 133 Å². The number of nitrogens with zero attached hydrogens (tertiary/aromatic N) is 1. The van der Waals surface area contributed by atoms with E-state index in [1.807, 2.05) is 13.8 Å². The van der Waals surface area contributed by atoms with Gasteiger partial charge in [-0.2, -0.15) is 0 Å². The number of thiophene rings is 1. The van der Waals surface area contributed by atoms with Gasteiger partial charge in [0.25, 0.3) is 10.0 Å². The number of thiazole rings is 1. The molecular weight excluding hydrogens is 326 g/mol. The van der Waals surface area contributed by atoms with E-state index in [4.69, 9.17) is 0 Å². The third-order valence-electron chi connectivity index (χ3n) is 2.78. The molecule has 5 nitrogen and oxygen atoms in total. The quantitative estimate of drug-likeness (QED) is 0.844. The summed E-state index contributed by atoms with van der Waals surface area (Å²) in [4.78, 5) is 6.05. The van der Waals surface area contributed by atoms with Crippen LogP contribution in [0.5, 0.6) is 0 Å². The molecule has 0 unspecified atom stereocenters. The van der Waals surface area contributed by atoms with E-state index in [1.165, 1.54) is 22.7 Å². The minimum Gasteiger partial charge on any atom is -0.310 e. The number of anilines is 1. The van der Waals surface area contributed by atoms with Gasteiger partial charge in [0.2, 0.25) is 0 Å². The van der Waals surface area contributed by atoms with Crippen LogP contribution in [-0.4, -0.2) is 19.4 Å². The van der Waals surface area contributed by atoms with Crippen molar-refractivity contribution < 1.29 is 8.42 Å². The van der Waals surface area contributed by atoms with Crippen LogP contribution in [0.4, 0.5) is 5.13 Å². The Morgan fingerprint density at radius 1 is 1.29 bits per heavy atom. The van der Waals surface area contributed by atoms with E-state index in [1.54, 1.807) is 12.3 Å². The summed E-state index contributed by atoms with van der Waals surface area (Å²) in [5, 5.41) is 3.71. The zero-order valence-corrected chi connectivity index (χ0v) is 14.9. The maximum atomic E-state index is 12.4. The molecule has 0 amide bonds. The average Bonchev–Trinajstić information content (AvgIpc) is 2.93. The molecule has 2 rings (SSSR count). The van der Waals surface area contributed by atoms with Gasteiger partial charge >= 0.3 is 0 Å². The molecule has 0 aliphatic heterocycles. The highest BCUT2D eigenvalue weighted by molar-refractivity contribution is 7.94. The van der Waals surface area contributed by atoms with Gasteiger partial charge in [0.05, 0.1) is 0 Å². The van der Waals surface area contributed by atoms with Gasteiger partial charge in [-0.25, -0.2) is 13.4 Å². The van der Waals surface area contributed by atoms with Gasteiger partial charge in [0.1, 0.15) is 4.21 Å². The van der Waals surface area contributed by atoms with Crippen molar-refractivity contribution in [1.29, 1.82) is 0 Å². The van der Waals surface area contributed by atoms with Crippen molar-refractivity contribution in [2.75, 3.05) is 4.72 Å².